The number of phenols is 1. The molecule has 1 aromatic rings. The van der Waals surface area contributed by atoms with Crippen molar-refractivity contribution >= 4 is 15.7 Å². The lowest BCUT2D eigenvalue weighted by molar-refractivity contribution is 0.0769. The van der Waals surface area contributed by atoms with Crippen LogP contribution in [0.1, 0.15) is 15.9 Å². The van der Waals surface area contributed by atoms with Crippen molar-refractivity contribution < 1.29 is 18.3 Å². The van der Waals surface area contributed by atoms with E-state index >= 15 is 0 Å². The van der Waals surface area contributed by atoms with Gasteiger partial charge in [-0.15, -0.1) is 0 Å². The molecule has 1 amide bonds. The van der Waals surface area contributed by atoms with Crippen LogP contribution in [0.4, 0.5) is 0 Å². The fourth-order valence-electron chi connectivity index (χ4n) is 1.97. The number of hydrogen-bond acceptors (Lipinski definition) is 4. The Morgan fingerprint density at radius 2 is 1.89 bits per heavy atom. The summed E-state index contributed by atoms with van der Waals surface area (Å²) in [5.41, 5.74) is 1.19. The summed E-state index contributed by atoms with van der Waals surface area (Å²) in [7, 11) is -2.98. The van der Waals surface area contributed by atoms with Gasteiger partial charge in [0.2, 0.25) is 0 Å². The molecule has 0 bridgehead atoms. The minimum absolute atomic E-state index is 0.0237. The van der Waals surface area contributed by atoms with Gasteiger partial charge in [0, 0.05) is 18.7 Å². The molecule has 1 fully saturated rings. The molecule has 98 valence electrons. The first-order valence-electron chi connectivity index (χ1n) is 5.68. The fourth-order valence-corrected chi connectivity index (χ4v) is 3.17. The molecule has 5 nitrogen and oxygen atoms in total. The summed E-state index contributed by atoms with van der Waals surface area (Å²) < 4.78 is 22.6. The summed E-state index contributed by atoms with van der Waals surface area (Å²) >= 11 is 0. The molecule has 18 heavy (non-hydrogen) atoms. The van der Waals surface area contributed by atoms with E-state index in [0.29, 0.717) is 11.1 Å². The van der Waals surface area contributed by atoms with Crippen LogP contribution >= 0.6 is 0 Å². The third-order valence-electron chi connectivity index (χ3n) is 3.07. The third kappa shape index (κ3) is 2.64. The SMILES string of the molecule is Cc1cc(O)ccc1C(=O)N1CCS(=O)(=O)CC1. The van der Waals surface area contributed by atoms with Gasteiger partial charge in [0.25, 0.3) is 5.91 Å². The van der Waals surface area contributed by atoms with E-state index in [4.69, 9.17) is 0 Å². The molecular weight excluding hydrogens is 254 g/mol. The molecule has 0 aromatic heterocycles. The lowest BCUT2D eigenvalue weighted by Gasteiger charge is -2.27. The lowest BCUT2D eigenvalue weighted by Crippen LogP contribution is -2.43. The summed E-state index contributed by atoms with van der Waals surface area (Å²) in [6, 6.07) is 4.55. The van der Waals surface area contributed by atoms with Gasteiger partial charge in [-0.3, -0.25) is 4.79 Å². The predicted molar refractivity (Wildman–Crippen MR) is 67.4 cm³/mol. The van der Waals surface area contributed by atoms with Crippen molar-refractivity contribution in [2.75, 3.05) is 24.6 Å². The maximum atomic E-state index is 12.2. The van der Waals surface area contributed by atoms with Gasteiger partial charge in [-0.25, -0.2) is 8.42 Å². The molecule has 0 atom stereocenters. The highest BCUT2D eigenvalue weighted by Crippen LogP contribution is 2.18. The Kier molecular flexibility index (Phi) is 3.30. The minimum Gasteiger partial charge on any atom is -0.508 e. The highest BCUT2D eigenvalue weighted by Gasteiger charge is 2.26. The van der Waals surface area contributed by atoms with Crippen LogP contribution in [0.25, 0.3) is 0 Å². The number of sulfone groups is 1. The Bertz CT molecular complexity index is 566. The normalized spacial score (nSPS) is 18.6. The maximum Gasteiger partial charge on any atom is 0.254 e. The lowest BCUT2D eigenvalue weighted by atomic mass is 10.1. The molecule has 0 spiro atoms. The van der Waals surface area contributed by atoms with E-state index in [9.17, 15) is 18.3 Å². The van der Waals surface area contributed by atoms with Gasteiger partial charge in [0.1, 0.15) is 5.75 Å². The molecule has 1 saturated heterocycles. The van der Waals surface area contributed by atoms with E-state index in [1.807, 2.05) is 0 Å². The molecular formula is C12H15NO4S. The van der Waals surface area contributed by atoms with Gasteiger partial charge in [-0.05, 0) is 30.7 Å². The van der Waals surface area contributed by atoms with Crippen LogP contribution in [0.5, 0.6) is 5.75 Å². The summed E-state index contributed by atoms with van der Waals surface area (Å²) in [4.78, 5) is 13.7. The topological polar surface area (TPSA) is 74.7 Å². The van der Waals surface area contributed by atoms with Crippen molar-refractivity contribution in [3.8, 4) is 5.75 Å². The zero-order chi connectivity index (χ0) is 13.3. The quantitative estimate of drug-likeness (QED) is 0.809. The van der Waals surface area contributed by atoms with Crippen LogP contribution in [0.15, 0.2) is 18.2 Å². The molecule has 1 aliphatic rings. The van der Waals surface area contributed by atoms with Crippen molar-refractivity contribution in [3.05, 3.63) is 29.3 Å². The number of rotatable bonds is 1. The minimum atomic E-state index is -2.98. The average molecular weight is 269 g/mol. The molecule has 6 heteroatoms. The molecule has 1 aromatic carbocycles. The first-order valence-corrected chi connectivity index (χ1v) is 7.50. The molecule has 0 radical (unpaired) electrons. The van der Waals surface area contributed by atoms with E-state index in [1.54, 1.807) is 17.9 Å². The van der Waals surface area contributed by atoms with Crippen molar-refractivity contribution in [2.45, 2.75) is 6.92 Å². The monoisotopic (exact) mass is 269 g/mol. The third-order valence-corrected chi connectivity index (χ3v) is 4.68. The largest absolute Gasteiger partial charge is 0.508 e. The first-order chi connectivity index (χ1) is 8.39. The molecule has 0 aliphatic carbocycles. The highest BCUT2D eigenvalue weighted by atomic mass is 32.2. The number of amides is 1. The van der Waals surface area contributed by atoms with Crippen molar-refractivity contribution in [3.63, 3.8) is 0 Å². The predicted octanol–water partition coefficient (Wildman–Crippen LogP) is 0.571. The van der Waals surface area contributed by atoms with Crippen molar-refractivity contribution in [1.82, 2.24) is 4.90 Å². The average Bonchev–Trinajstić information content (AvgIpc) is 2.28. The van der Waals surface area contributed by atoms with Gasteiger partial charge in [0.15, 0.2) is 9.84 Å². The Morgan fingerprint density at radius 1 is 1.28 bits per heavy atom. The Labute approximate surface area is 106 Å². The number of hydrogen-bond donors (Lipinski definition) is 1. The van der Waals surface area contributed by atoms with E-state index in [0.717, 1.165) is 0 Å². The van der Waals surface area contributed by atoms with Gasteiger partial charge in [-0.1, -0.05) is 0 Å². The molecule has 0 unspecified atom stereocenters. The summed E-state index contributed by atoms with van der Waals surface area (Å²) in [5.74, 6) is -0.0150. The molecule has 1 aliphatic heterocycles. The Balaban J connectivity index is 2.17. The number of aryl methyl sites for hydroxylation is 1. The Hall–Kier alpha value is -1.56. The second kappa shape index (κ2) is 4.61. The fraction of sp³-hybridized carbons (Fsp3) is 0.417. The zero-order valence-electron chi connectivity index (χ0n) is 10.1. The molecule has 1 heterocycles. The Morgan fingerprint density at radius 3 is 2.44 bits per heavy atom. The number of carbonyl (C=O) groups excluding carboxylic acids is 1. The number of aromatic hydroxyl groups is 1. The summed E-state index contributed by atoms with van der Waals surface area (Å²) in [5, 5.41) is 9.29. The van der Waals surface area contributed by atoms with Gasteiger partial charge in [-0.2, -0.15) is 0 Å². The second-order valence-electron chi connectivity index (χ2n) is 4.44. The van der Waals surface area contributed by atoms with Gasteiger partial charge in [0.05, 0.1) is 11.5 Å². The summed E-state index contributed by atoms with van der Waals surface area (Å²) in [6.07, 6.45) is 0. The second-order valence-corrected chi connectivity index (χ2v) is 6.75. The van der Waals surface area contributed by atoms with Gasteiger partial charge >= 0.3 is 0 Å². The van der Waals surface area contributed by atoms with Crippen LogP contribution < -0.4 is 0 Å². The van der Waals surface area contributed by atoms with E-state index in [1.165, 1.54) is 12.1 Å². The number of carbonyl (C=O) groups is 1. The highest BCUT2D eigenvalue weighted by molar-refractivity contribution is 7.91. The van der Waals surface area contributed by atoms with Crippen LogP contribution in [0.3, 0.4) is 0 Å². The van der Waals surface area contributed by atoms with Crippen LogP contribution in [-0.4, -0.2) is 48.9 Å². The van der Waals surface area contributed by atoms with Crippen LogP contribution in [0.2, 0.25) is 0 Å². The maximum absolute atomic E-state index is 12.2. The standard InChI is InChI=1S/C12H15NO4S/c1-9-8-10(14)2-3-11(9)12(15)13-4-6-18(16,17)7-5-13/h2-3,8,14H,4-7H2,1H3. The molecule has 1 N–H and O–H groups in total. The summed E-state index contributed by atoms with van der Waals surface area (Å²) in [6.45, 7) is 2.22. The number of nitrogens with zero attached hydrogens (tertiary/aromatic N) is 1. The van der Waals surface area contributed by atoms with Crippen molar-refractivity contribution in [1.29, 1.82) is 0 Å². The van der Waals surface area contributed by atoms with Crippen molar-refractivity contribution in [2.24, 2.45) is 0 Å². The van der Waals surface area contributed by atoms with E-state index in [-0.39, 0.29) is 36.3 Å². The van der Waals surface area contributed by atoms with Crippen LogP contribution in [-0.2, 0) is 9.84 Å². The molecule has 2 rings (SSSR count). The van der Waals surface area contributed by atoms with E-state index < -0.39 is 9.84 Å². The smallest absolute Gasteiger partial charge is 0.254 e. The molecule has 0 saturated carbocycles. The number of phenolic OH excluding ortho intramolecular Hbond substituents is 1. The van der Waals surface area contributed by atoms with E-state index in [2.05, 4.69) is 0 Å². The zero-order valence-corrected chi connectivity index (χ0v) is 10.9. The first kappa shape index (κ1) is 12.9. The van der Waals surface area contributed by atoms with Crippen LogP contribution in [0, 0.1) is 6.92 Å². The van der Waals surface area contributed by atoms with Gasteiger partial charge < -0.3 is 10.0 Å². The number of benzene rings is 1.